The molecule has 0 radical (unpaired) electrons. The molecule has 29 heavy (non-hydrogen) atoms. The lowest BCUT2D eigenvalue weighted by molar-refractivity contribution is 0.357. The van der Waals surface area contributed by atoms with Crippen LogP contribution < -0.4 is 4.72 Å². The minimum absolute atomic E-state index is 0.0578. The predicted octanol–water partition coefficient (Wildman–Crippen LogP) is 4.33. The summed E-state index contributed by atoms with van der Waals surface area (Å²) < 4.78 is 34.9. The van der Waals surface area contributed by atoms with E-state index in [0.29, 0.717) is 16.4 Å². The SMILES string of the molecule is Cc1noc([C@@H](NS(=O)(=O)c2csc(-c3ccc(Br)cc3)n2)c2ccccc2)n1. The first-order chi connectivity index (χ1) is 13.9. The van der Waals surface area contributed by atoms with Gasteiger partial charge >= 0.3 is 0 Å². The van der Waals surface area contributed by atoms with Crippen molar-refractivity contribution < 1.29 is 12.9 Å². The number of hydrogen-bond donors (Lipinski definition) is 1. The minimum Gasteiger partial charge on any atom is -0.337 e. The lowest BCUT2D eigenvalue weighted by atomic mass is 10.1. The minimum atomic E-state index is -3.93. The van der Waals surface area contributed by atoms with E-state index in [4.69, 9.17) is 4.52 Å². The van der Waals surface area contributed by atoms with Gasteiger partial charge < -0.3 is 4.52 Å². The summed E-state index contributed by atoms with van der Waals surface area (Å²) in [5.74, 6) is 0.590. The Balaban J connectivity index is 1.66. The number of nitrogens with zero attached hydrogens (tertiary/aromatic N) is 3. The molecule has 2 heterocycles. The number of nitrogens with one attached hydrogen (secondary N) is 1. The van der Waals surface area contributed by atoms with Gasteiger partial charge in [-0.2, -0.15) is 9.71 Å². The number of hydrogen-bond acceptors (Lipinski definition) is 7. The molecule has 1 atom stereocenters. The normalized spacial score (nSPS) is 12.8. The maximum atomic E-state index is 13.0. The molecular weight excluding hydrogens is 476 g/mol. The van der Waals surface area contributed by atoms with Gasteiger partial charge in [-0.3, -0.25) is 0 Å². The summed E-state index contributed by atoms with van der Waals surface area (Å²) in [5, 5.41) is 5.85. The lowest BCUT2D eigenvalue weighted by Gasteiger charge is -2.14. The smallest absolute Gasteiger partial charge is 0.259 e. The summed E-state index contributed by atoms with van der Waals surface area (Å²) in [4.78, 5) is 8.51. The first kappa shape index (κ1) is 19.9. The highest BCUT2D eigenvalue weighted by molar-refractivity contribution is 9.10. The first-order valence-corrected chi connectivity index (χ1v) is 11.7. The number of aromatic nitrogens is 3. The Labute approximate surface area is 180 Å². The van der Waals surface area contributed by atoms with Crippen molar-refractivity contribution in [3.8, 4) is 10.6 Å². The second kappa shape index (κ2) is 8.15. The van der Waals surface area contributed by atoms with Gasteiger partial charge in [0, 0.05) is 15.4 Å². The molecule has 10 heteroatoms. The predicted molar refractivity (Wildman–Crippen MR) is 113 cm³/mol. The van der Waals surface area contributed by atoms with Crippen molar-refractivity contribution in [3.05, 3.63) is 81.7 Å². The van der Waals surface area contributed by atoms with Gasteiger partial charge in [-0.15, -0.1) is 11.3 Å². The van der Waals surface area contributed by atoms with Crippen LogP contribution in [0.3, 0.4) is 0 Å². The van der Waals surface area contributed by atoms with Crippen LogP contribution in [0.2, 0.25) is 0 Å². The molecule has 0 unspecified atom stereocenters. The zero-order valence-electron chi connectivity index (χ0n) is 15.1. The van der Waals surface area contributed by atoms with Crippen molar-refractivity contribution in [2.75, 3.05) is 0 Å². The maximum Gasteiger partial charge on any atom is 0.259 e. The van der Waals surface area contributed by atoms with Gasteiger partial charge in [0.25, 0.3) is 10.0 Å². The quantitative estimate of drug-likeness (QED) is 0.431. The number of rotatable bonds is 6. The van der Waals surface area contributed by atoms with Crippen molar-refractivity contribution in [2.24, 2.45) is 0 Å². The molecule has 4 aromatic rings. The van der Waals surface area contributed by atoms with E-state index in [1.54, 1.807) is 19.1 Å². The van der Waals surface area contributed by atoms with Crippen LogP contribution in [-0.4, -0.2) is 23.5 Å². The Bertz CT molecular complexity index is 1220. The molecule has 0 fully saturated rings. The summed E-state index contributed by atoms with van der Waals surface area (Å²) in [6, 6.07) is 15.8. The average molecular weight is 491 g/mol. The van der Waals surface area contributed by atoms with Gasteiger partial charge in [0.2, 0.25) is 5.89 Å². The number of benzene rings is 2. The van der Waals surface area contributed by atoms with Gasteiger partial charge in [0.15, 0.2) is 10.9 Å². The van der Waals surface area contributed by atoms with Gasteiger partial charge in [0.1, 0.15) is 11.0 Å². The molecule has 0 aliphatic heterocycles. The first-order valence-electron chi connectivity index (χ1n) is 8.51. The fourth-order valence-electron chi connectivity index (χ4n) is 2.66. The molecule has 0 amide bonds. The summed E-state index contributed by atoms with van der Waals surface area (Å²) >= 11 is 4.65. The largest absolute Gasteiger partial charge is 0.337 e. The topological polar surface area (TPSA) is 98.0 Å². The Hall–Kier alpha value is -2.40. The van der Waals surface area contributed by atoms with Crippen LogP contribution in [0.15, 0.2) is 74.0 Å². The maximum absolute atomic E-state index is 13.0. The van der Waals surface area contributed by atoms with Crippen LogP contribution in [0.25, 0.3) is 10.6 Å². The van der Waals surface area contributed by atoms with Crippen molar-refractivity contribution in [1.29, 1.82) is 0 Å². The molecule has 4 rings (SSSR count). The van der Waals surface area contributed by atoms with Crippen LogP contribution >= 0.6 is 27.3 Å². The lowest BCUT2D eigenvalue weighted by Crippen LogP contribution is -2.30. The second-order valence-electron chi connectivity index (χ2n) is 6.14. The monoisotopic (exact) mass is 490 g/mol. The number of halogens is 1. The molecule has 7 nitrogen and oxygen atoms in total. The Kier molecular flexibility index (Phi) is 5.59. The third-order valence-corrected chi connectivity index (χ3v) is 6.92. The highest BCUT2D eigenvalue weighted by atomic mass is 79.9. The molecule has 0 aliphatic rings. The molecule has 0 spiro atoms. The van der Waals surface area contributed by atoms with E-state index in [-0.39, 0.29) is 10.9 Å². The molecule has 2 aromatic heterocycles. The van der Waals surface area contributed by atoms with Gasteiger partial charge in [-0.1, -0.05) is 63.6 Å². The van der Waals surface area contributed by atoms with E-state index in [1.807, 2.05) is 42.5 Å². The van der Waals surface area contributed by atoms with Gasteiger partial charge in [-0.05, 0) is 24.6 Å². The third kappa shape index (κ3) is 4.45. The van der Waals surface area contributed by atoms with Crippen LogP contribution in [0, 0.1) is 6.92 Å². The number of aryl methyl sites for hydroxylation is 1. The molecule has 1 N–H and O–H groups in total. The van der Waals surface area contributed by atoms with E-state index < -0.39 is 16.1 Å². The van der Waals surface area contributed by atoms with Crippen molar-refractivity contribution >= 4 is 37.3 Å². The molecule has 2 aromatic carbocycles. The van der Waals surface area contributed by atoms with Gasteiger partial charge in [0.05, 0.1) is 0 Å². The van der Waals surface area contributed by atoms with Crippen LogP contribution in [-0.2, 0) is 10.0 Å². The molecule has 0 aliphatic carbocycles. The zero-order chi connectivity index (χ0) is 20.4. The highest BCUT2D eigenvalue weighted by Crippen LogP contribution is 2.28. The standard InChI is InChI=1S/C19H15BrN4O3S2/c1-12-21-18(27-23-12)17(13-5-3-2-4-6-13)24-29(25,26)16-11-28-19(22-16)14-7-9-15(20)10-8-14/h2-11,17,24H,1H3/t17-/m0/s1. The Morgan fingerprint density at radius 2 is 1.79 bits per heavy atom. The molecule has 148 valence electrons. The van der Waals surface area contributed by atoms with Crippen LogP contribution in [0.5, 0.6) is 0 Å². The van der Waals surface area contributed by atoms with E-state index in [2.05, 4.69) is 35.8 Å². The van der Waals surface area contributed by atoms with E-state index >= 15 is 0 Å². The van der Waals surface area contributed by atoms with Crippen molar-refractivity contribution in [2.45, 2.75) is 18.0 Å². The average Bonchev–Trinajstić information content (AvgIpc) is 3.37. The Morgan fingerprint density at radius 3 is 2.45 bits per heavy atom. The van der Waals surface area contributed by atoms with E-state index in [9.17, 15) is 8.42 Å². The summed E-state index contributed by atoms with van der Waals surface area (Å²) in [6.07, 6.45) is 0. The zero-order valence-corrected chi connectivity index (χ0v) is 18.3. The fourth-order valence-corrected chi connectivity index (χ4v) is 5.20. The third-order valence-electron chi connectivity index (χ3n) is 4.05. The van der Waals surface area contributed by atoms with Crippen molar-refractivity contribution in [1.82, 2.24) is 19.8 Å². The molecule has 0 bridgehead atoms. The Morgan fingerprint density at radius 1 is 1.07 bits per heavy atom. The number of sulfonamides is 1. The van der Waals surface area contributed by atoms with E-state index in [0.717, 1.165) is 10.0 Å². The van der Waals surface area contributed by atoms with Crippen LogP contribution in [0.4, 0.5) is 0 Å². The van der Waals surface area contributed by atoms with E-state index in [1.165, 1.54) is 16.7 Å². The molecular formula is C19H15BrN4O3S2. The summed E-state index contributed by atoms with van der Waals surface area (Å²) in [5.41, 5.74) is 1.52. The molecule has 0 saturated carbocycles. The van der Waals surface area contributed by atoms with Gasteiger partial charge in [-0.25, -0.2) is 13.4 Å². The highest BCUT2D eigenvalue weighted by Gasteiger charge is 2.28. The van der Waals surface area contributed by atoms with Crippen LogP contribution in [0.1, 0.15) is 23.3 Å². The fraction of sp³-hybridized carbons (Fsp3) is 0.105. The molecule has 0 saturated heterocycles. The summed E-state index contributed by atoms with van der Waals surface area (Å²) in [7, 11) is -3.93. The van der Waals surface area contributed by atoms with Crippen molar-refractivity contribution in [3.63, 3.8) is 0 Å². The second-order valence-corrected chi connectivity index (χ2v) is 9.58. The summed E-state index contributed by atoms with van der Waals surface area (Å²) in [6.45, 7) is 1.68. The number of thiazole rings is 1.